The Morgan fingerprint density at radius 3 is 2.15 bits per heavy atom. The molecule has 1 rings (SSSR count). The molecule has 3 heteroatoms. The van der Waals surface area contributed by atoms with Gasteiger partial charge in [0.25, 0.3) is 0 Å². The zero-order chi connectivity index (χ0) is 15.4. The van der Waals surface area contributed by atoms with Crippen LogP contribution >= 0.6 is 0 Å². The summed E-state index contributed by atoms with van der Waals surface area (Å²) in [6.07, 6.45) is 3.50. The molecule has 1 saturated heterocycles. The average Bonchev–Trinajstić information content (AvgIpc) is 2.35. The summed E-state index contributed by atoms with van der Waals surface area (Å²) in [6, 6.07) is 2.80. The van der Waals surface area contributed by atoms with Crippen LogP contribution < -0.4 is 5.32 Å². The van der Waals surface area contributed by atoms with E-state index in [4.69, 9.17) is 0 Å². The number of rotatable bonds is 5. The zero-order valence-corrected chi connectivity index (χ0v) is 14.3. The molecule has 0 radical (unpaired) electrons. The predicted octanol–water partition coefficient (Wildman–Crippen LogP) is 3.41. The van der Waals surface area contributed by atoms with Crippen LogP contribution in [0.2, 0.25) is 0 Å². The van der Waals surface area contributed by atoms with Crippen LogP contribution in [0.15, 0.2) is 0 Å². The van der Waals surface area contributed by atoms with E-state index in [1.807, 2.05) is 6.92 Å². The quantitative estimate of drug-likeness (QED) is 0.838. The van der Waals surface area contributed by atoms with Gasteiger partial charge < -0.3 is 4.90 Å². The molecule has 0 aliphatic carbocycles. The maximum absolute atomic E-state index is 9.38. The van der Waals surface area contributed by atoms with E-state index >= 15 is 0 Å². The van der Waals surface area contributed by atoms with E-state index in [0.717, 1.165) is 18.9 Å². The number of likely N-dealkylation sites (tertiary alicyclic amines) is 1. The highest BCUT2D eigenvalue weighted by molar-refractivity contribution is 5.04. The van der Waals surface area contributed by atoms with Crippen LogP contribution in [-0.4, -0.2) is 36.1 Å². The van der Waals surface area contributed by atoms with Crippen molar-refractivity contribution in [2.75, 3.05) is 19.6 Å². The van der Waals surface area contributed by atoms with E-state index in [2.05, 4.69) is 50.9 Å². The molecule has 0 saturated carbocycles. The van der Waals surface area contributed by atoms with Gasteiger partial charge in [-0.05, 0) is 64.5 Å². The molecular weight excluding hydrogens is 246 g/mol. The fraction of sp³-hybridized carbons (Fsp3) is 0.941. The minimum absolute atomic E-state index is 0.353. The second kappa shape index (κ2) is 6.91. The van der Waals surface area contributed by atoms with E-state index < -0.39 is 5.54 Å². The van der Waals surface area contributed by atoms with E-state index in [-0.39, 0.29) is 0 Å². The Morgan fingerprint density at radius 2 is 1.75 bits per heavy atom. The number of nitriles is 1. The van der Waals surface area contributed by atoms with Crippen molar-refractivity contribution in [3.8, 4) is 6.07 Å². The van der Waals surface area contributed by atoms with Crippen LogP contribution in [0.5, 0.6) is 0 Å². The van der Waals surface area contributed by atoms with Crippen molar-refractivity contribution in [1.29, 1.82) is 5.26 Å². The van der Waals surface area contributed by atoms with Crippen molar-refractivity contribution in [1.82, 2.24) is 10.2 Å². The molecule has 20 heavy (non-hydrogen) atoms. The van der Waals surface area contributed by atoms with Crippen LogP contribution in [0.1, 0.15) is 60.8 Å². The molecular formula is C17H33N3. The first-order chi connectivity index (χ1) is 9.16. The van der Waals surface area contributed by atoms with Crippen molar-refractivity contribution in [3.05, 3.63) is 0 Å². The third-order valence-corrected chi connectivity index (χ3v) is 4.59. The second-order valence-electron chi connectivity index (χ2n) is 7.97. The van der Waals surface area contributed by atoms with Gasteiger partial charge in [0.2, 0.25) is 0 Å². The monoisotopic (exact) mass is 279 g/mol. The molecule has 1 unspecified atom stereocenters. The maximum Gasteiger partial charge on any atom is 0.105 e. The lowest BCUT2D eigenvalue weighted by Gasteiger charge is -2.39. The summed E-state index contributed by atoms with van der Waals surface area (Å²) in [4.78, 5) is 2.53. The summed E-state index contributed by atoms with van der Waals surface area (Å²) in [5, 5.41) is 12.8. The third-order valence-electron chi connectivity index (χ3n) is 4.59. The number of hydrogen-bond donors (Lipinski definition) is 1. The summed E-state index contributed by atoms with van der Waals surface area (Å²) >= 11 is 0. The van der Waals surface area contributed by atoms with Crippen molar-refractivity contribution in [2.45, 2.75) is 72.4 Å². The van der Waals surface area contributed by atoms with Gasteiger partial charge >= 0.3 is 0 Å². The molecule has 1 fully saturated rings. The molecule has 1 N–H and O–H groups in total. The van der Waals surface area contributed by atoms with Gasteiger partial charge in [-0.3, -0.25) is 5.32 Å². The molecule has 3 nitrogen and oxygen atoms in total. The van der Waals surface area contributed by atoms with E-state index in [1.54, 1.807) is 0 Å². The highest BCUT2D eigenvalue weighted by Crippen LogP contribution is 2.34. The highest BCUT2D eigenvalue weighted by Gasteiger charge is 2.30. The first-order valence-corrected chi connectivity index (χ1v) is 8.07. The van der Waals surface area contributed by atoms with Gasteiger partial charge in [-0.15, -0.1) is 0 Å². The predicted molar refractivity (Wildman–Crippen MR) is 85.5 cm³/mol. The zero-order valence-electron chi connectivity index (χ0n) is 14.3. The van der Waals surface area contributed by atoms with Crippen LogP contribution in [0, 0.1) is 22.7 Å². The molecule has 1 heterocycles. The standard InChI is InChI=1S/C17H33N3/c1-14(2)19-17(6,13-18)9-12-20-10-7-15(8-11-20)16(3,4)5/h14-15,19H,7-12H2,1-6H3. The number of nitrogens with zero attached hydrogens (tertiary/aromatic N) is 2. The molecule has 116 valence electrons. The van der Waals surface area contributed by atoms with E-state index in [9.17, 15) is 5.26 Å². The summed E-state index contributed by atoms with van der Waals surface area (Å²) < 4.78 is 0. The van der Waals surface area contributed by atoms with Gasteiger partial charge in [0, 0.05) is 12.6 Å². The summed E-state index contributed by atoms with van der Waals surface area (Å²) in [6.45, 7) is 16.7. The molecule has 0 amide bonds. The lowest BCUT2D eigenvalue weighted by Crippen LogP contribution is -2.48. The van der Waals surface area contributed by atoms with E-state index in [0.29, 0.717) is 11.5 Å². The second-order valence-corrected chi connectivity index (χ2v) is 7.97. The fourth-order valence-corrected chi connectivity index (χ4v) is 3.20. The lowest BCUT2D eigenvalue weighted by molar-refractivity contribution is 0.107. The smallest absolute Gasteiger partial charge is 0.105 e. The summed E-state index contributed by atoms with van der Waals surface area (Å²) in [7, 11) is 0. The molecule has 0 aromatic carbocycles. The van der Waals surface area contributed by atoms with Crippen LogP contribution in [0.3, 0.4) is 0 Å². The van der Waals surface area contributed by atoms with E-state index in [1.165, 1.54) is 25.9 Å². The van der Waals surface area contributed by atoms with Gasteiger partial charge in [-0.25, -0.2) is 0 Å². The van der Waals surface area contributed by atoms with Gasteiger partial charge in [-0.1, -0.05) is 20.8 Å². The fourth-order valence-electron chi connectivity index (χ4n) is 3.20. The highest BCUT2D eigenvalue weighted by atomic mass is 15.1. The van der Waals surface area contributed by atoms with Crippen molar-refractivity contribution in [2.24, 2.45) is 11.3 Å². The van der Waals surface area contributed by atoms with Crippen molar-refractivity contribution < 1.29 is 0 Å². The molecule has 0 aromatic rings. The minimum atomic E-state index is -0.394. The largest absolute Gasteiger partial charge is 0.303 e. The molecule has 1 aliphatic heterocycles. The molecule has 0 spiro atoms. The van der Waals surface area contributed by atoms with Crippen molar-refractivity contribution in [3.63, 3.8) is 0 Å². The molecule has 1 aliphatic rings. The number of piperidine rings is 1. The first kappa shape index (κ1) is 17.5. The Labute approximate surface area is 125 Å². The molecule has 0 aromatic heterocycles. The third kappa shape index (κ3) is 5.42. The van der Waals surface area contributed by atoms with Crippen LogP contribution in [0.25, 0.3) is 0 Å². The molecule has 0 bridgehead atoms. The topological polar surface area (TPSA) is 39.1 Å². The van der Waals surface area contributed by atoms with Crippen LogP contribution in [0.4, 0.5) is 0 Å². The Morgan fingerprint density at radius 1 is 1.20 bits per heavy atom. The Kier molecular flexibility index (Phi) is 6.04. The SMILES string of the molecule is CC(C)NC(C)(C#N)CCN1CCC(C(C)(C)C)CC1. The number of nitrogens with one attached hydrogen (secondary N) is 1. The minimum Gasteiger partial charge on any atom is -0.303 e. The summed E-state index contributed by atoms with van der Waals surface area (Å²) in [5.74, 6) is 0.842. The first-order valence-electron chi connectivity index (χ1n) is 8.07. The maximum atomic E-state index is 9.38. The molecule has 1 atom stereocenters. The van der Waals surface area contributed by atoms with Gasteiger partial charge in [0.05, 0.1) is 6.07 Å². The van der Waals surface area contributed by atoms with Gasteiger partial charge in [0.15, 0.2) is 0 Å². The Bertz CT molecular complexity index is 329. The number of hydrogen-bond acceptors (Lipinski definition) is 3. The Hall–Kier alpha value is -0.590. The normalized spacial score (nSPS) is 21.7. The van der Waals surface area contributed by atoms with Gasteiger partial charge in [0.1, 0.15) is 5.54 Å². The average molecular weight is 279 g/mol. The van der Waals surface area contributed by atoms with Gasteiger partial charge in [-0.2, -0.15) is 5.26 Å². The summed E-state index contributed by atoms with van der Waals surface area (Å²) in [5.41, 5.74) is 0.0432. The lowest BCUT2D eigenvalue weighted by atomic mass is 9.75. The Balaban J connectivity index is 2.39. The van der Waals surface area contributed by atoms with Crippen LogP contribution in [-0.2, 0) is 0 Å². The van der Waals surface area contributed by atoms with Crippen molar-refractivity contribution >= 4 is 0 Å².